The maximum atomic E-state index is 13.9. The van der Waals surface area contributed by atoms with Crippen molar-refractivity contribution in [1.29, 1.82) is 0 Å². The molecule has 0 amide bonds. The van der Waals surface area contributed by atoms with Gasteiger partial charge in [-0.15, -0.1) is 0 Å². The van der Waals surface area contributed by atoms with Gasteiger partial charge >= 0.3 is 0 Å². The van der Waals surface area contributed by atoms with E-state index in [4.69, 9.17) is 9.26 Å². The summed E-state index contributed by atoms with van der Waals surface area (Å²) in [5.41, 5.74) is 6.06. The highest BCUT2D eigenvalue weighted by Crippen LogP contribution is 2.46. The van der Waals surface area contributed by atoms with Crippen molar-refractivity contribution in [3.8, 4) is 17.1 Å². The van der Waals surface area contributed by atoms with E-state index in [1.165, 1.54) is 12.1 Å². The molecule has 1 aliphatic heterocycles. The van der Waals surface area contributed by atoms with Gasteiger partial charge in [-0.25, -0.2) is 4.39 Å². The number of ketones is 1. The average molecular weight is 535 g/mol. The van der Waals surface area contributed by atoms with Gasteiger partial charge in [0.05, 0.1) is 28.9 Å². The largest absolute Gasteiger partial charge is 0.494 e. The smallest absolute Gasteiger partial charge is 0.196 e. The fourth-order valence-electron chi connectivity index (χ4n) is 5.70. The summed E-state index contributed by atoms with van der Waals surface area (Å²) in [6, 6.07) is 23.8. The number of hydrogen-bond donors (Lipinski definition) is 1. The third kappa shape index (κ3) is 4.04. The van der Waals surface area contributed by atoms with Gasteiger partial charge in [-0.05, 0) is 61.5 Å². The first kappa shape index (κ1) is 24.2. The van der Waals surface area contributed by atoms with Crippen LogP contribution in [0, 0.1) is 5.82 Å². The van der Waals surface area contributed by atoms with Crippen LogP contribution in [0.2, 0.25) is 0 Å². The van der Waals surface area contributed by atoms with E-state index in [2.05, 4.69) is 20.3 Å². The number of halogens is 1. The number of fused-ring (bicyclic) bond motifs is 2. The highest BCUT2D eigenvalue weighted by Gasteiger charge is 2.34. The Bertz CT molecular complexity index is 1720. The average Bonchev–Trinajstić information content (AvgIpc) is 3.43. The zero-order valence-electron chi connectivity index (χ0n) is 22.0. The van der Waals surface area contributed by atoms with Crippen molar-refractivity contribution in [2.75, 3.05) is 47.9 Å². The number of anilines is 4. The molecule has 1 aliphatic carbocycles. The molecule has 2 aliphatic rings. The SMILES string of the molecule is CCOc1ccc(Nc2cc(N3CCN(c4ccc(F)cc4)CC3)c3noc4c3c2C(=O)c2ccccc2-4)cc1. The van der Waals surface area contributed by atoms with Crippen LogP contribution in [0.1, 0.15) is 22.8 Å². The van der Waals surface area contributed by atoms with Gasteiger partial charge in [-0.1, -0.05) is 29.4 Å². The Morgan fingerprint density at radius 3 is 2.35 bits per heavy atom. The van der Waals surface area contributed by atoms with E-state index in [1.54, 1.807) is 0 Å². The van der Waals surface area contributed by atoms with E-state index in [9.17, 15) is 9.18 Å². The quantitative estimate of drug-likeness (QED) is 0.257. The maximum Gasteiger partial charge on any atom is 0.196 e. The van der Waals surface area contributed by atoms with Crippen LogP contribution < -0.4 is 19.9 Å². The number of ether oxygens (including phenoxy) is 1. The molecule has 8 heteroatoms. The lowest BCUT2D eigenvalue weighted by molar-refractivity contribution is 0.104. The van der Waals surface area contributed by atoms with Crippen molar-refractivity contribution >= 4 is 39.4 Å². The van der Waals surface area contributed by atoms with E-state index in [1.807, 2.05) is 73.7 Å². The molecule has 1 saturated heterocycles. The first-order chi connectivity index (χ1) is 19.6. The van der Waals surface area contributed by atoms with Crippen LogP contribution in [-0.2, 0) is 0 Å². The molecule has 0 bridgehead atoms. The van der Waals surface area contributed by atoms with E-state index in [-0.39, 0.29) is 11.6 Å². The molecule has 5 aromatic rings. The van der Waals surface area contributed by atoms with Gasteiger partial charge in [0.2, 0.25) is 0 Å². The minimum absolute atomic E-state index is 0.0579. The van der Waals surface area contributed by atoms with Gasteiger partial charge in [0.1, 0.15) is 17.1 Å². The second kappa shape index (κ2) is 9.72. The number of piperazine rings is 1. The minimum Gasteiger partial charge on any atom is -0.494 e. The minimum atomic E-state index is -0.239. The molecular formula is C32H27FN4O3. The van der Waals surface area contributed by atoms with Crippen LogP contribution in [-0.4, -0.2) is 43.7 Å². The molecule has 2 heterocycles. The molecule has 0 unspecified atom stereocenters. The molecule has 200 valence electrons. The molecule has 0 radical (unpaired) electrons. The summed E-state index contributed by atoms with van der Waals surface area (Å²) in [5, 5.41) is 8.73. The van der Waals surface area contributed by atoms with Gasteiger partial charge in [-0.3, -0.25) is 4.79 Å². The zero-order chi connectivity index (χ0) is 27.2. The fourth-order valence-corrected chi connectivity index (χ4v) is 5.70. The molecule has 40 heavy (non-hydrogen) atoms. The lowest BCUT2D eigenvalue weighted by atomic mass is 9.86. The van der Waals surface area contributed by atoms with Gasteiger partial charge in [0.25, 0.3) is 0 Å². The summed E-state index contributed by atoms with van der Waals surface area (Å²) in [4.78, 5) is 18.4. The Hall–Kier alpha value is -4.85. The predicted molar refractivity (Wildman–Crippen MR) is 155 cm³/mol. The third-order valence-corrected chi connectivity index (χ3v) is 7.63. The molecule has 0 saturated carbocycles. The van der Waals surface area contributed by atoms with Crippen LogP contribution in [0.15, 0.2) is 83.4 Å². The van der Waals surface area contributed by atoms with Crippen LogP contribution in [0.4, 0.5) is 27.1 Å². The fraction of sp³-hybridized carbons (Fsp3) is 0.188. The zero-order valence-corrected chi connectivity index (χ0v) is 22.0. The number of benzene rings is 4. The maximum absolute atomic E-state index is 13.9. The summed E-state index contributed by atoms with van der Waals surface area (Å²) < 4.78 is 25.0. The highest BCUT2D eigenvalue weighted by atomic mass is 19.1. The Balaban J connectivity index is 1.30. The standard InChI is InChI=1S/C32H27FN4O3/c1-2-39-23-13-9-21(10-14-23)34-26-19-27(37-17-15-36(16-18-37)22-11-7-20(33)8-12-22)30-29-28(26)31(38)24-5-3-4-6-25(24)32(29)40-35-30/h3-14,19,34H,2,15-18H2,1H3. The van der Waals surface area contributed by atoms with Gasteiger partial charge in [-0.2, -0.15) is 0 Å². The number of nitrogens with zero attached hydrogens (tertiary/aromatic N) is 3. The van der Waals surface area contributed by atoms with Crippen molar-refractivity contribution in [2.24, 2.45) is 0 Å². The normalized spacial score (nSPS) is 14.4. The predicted octanol–water partition coefficient (Wildman–Crippen LogP) is 6.65. The molecule has 7 rings (SSSR count). The molecule has 1 aromatic heterocycles. The molecule has 0 spiro atoms. The first-order valence-corrected chi connectivity index (χ1v) is 13.5. The second-order valence-electron chi connectivity index (χ2n) is 9.96. The Labute approximate surface area is 230 Å². The monoisotopic (exact) mass is 534 g/mol. The molecule has 1 N–H and O–H groups in total. The summed E-state index contributed by atoms with van der Waals surface area (Å²) in [6.45, 7) is 5.55. The van der Waals surface area contributed by atoms with E-state index in [0.29, 0.717) is 34.7 Å². The summed E-state index contributed by atoms with van der Waals surface area (Å²) >= 11 is 0. The van der Waals surface area contributed by atoms with Crippen molar-refractivity contribution in [3.05, 3.63) is 95.8 Å². The number of hydrogen-bond acceptors (Lipinski definition) is 7. The lowest BCUT2D eigenvalue weighted by Gasteiger charge is -2.37. The van der Waals surface area contributed by atoms with Crippen molar-refractivity contribution in [1.82, 2.24) is 5.16 Å². The van der Waals surface area contributed by atoms with Crippen molar-refractivity contribution < 1.29 is 18.4 Å². The molecule has 1 fully saturated rings. The van der Waals surface area contributed by atoms with Crippen molar-refractivity contribution in [2.45, 2.75) is 6.92 Å². The summed E-state index contributed by atoms with van der Waals surface area (Å²) in [5.74, 6) is 1.10. The summed E-state index contributed by atoms with van der Waals surface area (Å²) in [7, 11) is 0. The van der Waals surface area contributed by atoms with E-state index >= 15 is 0 Å². The number of carbonyl (C=O) groups excluding carboxylic acids is 1. The number of aromatic nitrogens is 1. The second-order valence-corrected chi connectivity index (χ2v) is 9.96. The van der Waals surface area contributed by atoms with Crippen LogP contribution in [0.5, 0.6) is 5.75 Å². The van der Waals surface area contributed by atoms with Crippen LogP contribution >= 0.6 is 0 Å². The lowest BCUT2D eigenvalue weighted by Crippen LogP contribution is -2.46. The van der Waals surface area contributed by atoms with Gasteiger partial charge in [0.15, 0.2) is 11.5 Å². The first-order valence-electron chi connectivity index (χ1n) is 13.5. The highest BCUT2D eigenvalue weighted by molar-refractivity contribution is 6.28. The van der Waals surface area contributed by atoms with Crippen molar-refractivity contribution in [3.63, 3.8) is 0 Å². The number of carbonyl (C=O) groups is 1. The topological polar surface area (TPSA) is 70.8 Å². The molecule has 7 nitrogen and oxygen atoms in total. The Morgan fingerprint density at radius 1 is 0.925 bits per heavy atom. The number of nitrogens with one attached hydrogen (secondary N) is 1. The third-order valence-electron chi connectivity index (χ3n) is 7.63. The van der Waals surface area contributed by atoms with E-state index < -0.39 is 0 Å². The Kier molecular flexibility index (Phi) is 5.88. The van der Waals surface area contributed by atoms with E-state index in [0.717, 1.165) is 59.9 Å². The van der Waals surface area contributed by atoms with Crippen LogP contribution in [0.25, 0.3) is 22.2 Å². The molecular weight excluding hydrogens is 507 g/mol. The molecule has 0 atom stereocenters. The molecule has 4 aromatic carbocycles. The number of rotatable bonds is 6. The summed E-state index contributed by atoms with van der Waals surface area (Å²) in [6.07, 6.45) is 0. The van der Waals surface area contributed by atoms with Gasteiger partial charge in [0, 0.05) is 48.7 Å². The van der Waals surface area contributed by atoms with Gasteiger partial charge < -0.3 is 24.4 Å². The van der Waals surface area contributed by atoms with Crippen LogP contribution in [0.3, 0.4) is 0 Å². The Morgan fingerprint density at radius 2 is 1.62 bits per heavy atom.